The Kier molecular flexibility index (Phi) is 4.37. The summed E-state index contributed by atoms with van der Waals surface area (Å²) in [4.78, 5) is 13.4. The van der Waals surface area contributed by atoms with Crippen molar-refractivity contribution >= 4 is 23.2 Å². The van der Waals surface area contributed by atoms with Crippen LogP contribution in [0.5, 0.6) is 0 Å². The topological polar surface area (TPSA) is 57.8 Å². The monoisotopic (exact) mass is 417 g/mol. The number of allylic oxidation sites excluding steroid dienone is 2. The number of ketones is 1. The van der Waals surface area contributed by atoms with Gasteiger partial charge in [0.1, 0.15) is 0 Å². The first-order valence-electron chi connectivity index (χ1n) is 10.3. The van der Waals surface area contributed by atoms with E-state index in [1.165, 1.54) is 5.56 Å². The fourth-order valence-electron chi connectivity index (χ4n) is 4.72. The number of carbonyl (C=O) groups excluding carboxylic acids is 1. The van der Waals surface area contributed by atoms with Crippen LogP contribution >= 0.6 is 11.6 Å². The van der Waals surface area contributed by atoms with E-state index in [1.54, 1.807) is 0 Å². The quantitative estimate of drug-likeness (QED) is 0.518. The molecule has 2 aliphatic rings. The number of halogens is 1. The number of benzene rings is 2. The molecule has 0 amide bonds. The summed E-state index contributed by atoms with van der Waals surface area (Å²) in [5, 5.41) is 12.0. The molecule has 0 radical (unpaired) electrons. The number of carbonyl (C=O) groups is 1. The summed E-state index contributed by atoms with van der Waals surface area (Å²) in [6, 6.07) is 16.2. The molecule has 3 aromatic rings. The van der Waals surface area contributed by atoms with Crippen LogP contribution in [0, 0.1) is 12.3 Å². The Hall–Kier alpha value is -2.85. The minimum Gasteiger partial charge on any atom is -0.342 e. The Morgan fingerprint density at radius 3 is 2.43 bits per heavy atom. The smallest absolute Gasteiger partial charge is 0.162 e. The maximum atomic E-state index is 13.4. The molecule has 1 aliphatic carbocycles. The molecule has 0 saturated heterocycles. The minimum atomic E-state index is -0.148. The third-order valence-electron chi connectivity index (χ3n) is 6.11. The van der Waals surface area contributed by atoms with Crippen LogP contribution in [-0.2, 0) is 4.79 Å². The average Bonchev–Trinajstić information content (AvgIpc) is 3.10. The van der Waals surface area contributed by atoms with Gasteiger partial charge in [-0.15, -0.1) is 0 Å². The molecule has 0 saturated carbocycles. The van der Waals surface area contributed by atoms with Crippen molar-refractivity contribution in [2.24, 2.45) is 5.41 Å². The first-order chi connectivity index (χ1) is 14.3. The lowest BCUT2D eigenvalue weighted by Crippen LogP contribution is -2.33. The van der Waals surface area contributed by atoms with Crippen LogP contribution in [0.15, 0.2) is 59.8 Å². The van der Waals surface area contributed by atoms with Crippen molar-refractivity contribution in [1.29, 1.82) is 0 Å². The Morgan fingerprint density at radius 1 is 1.03 bits per heavy atom. The Balaban J connectivity index is 1.73. The molecule has 0 bridgehead atoms. The van der Waals surface area contributed by atoms with Crippen molar-refractivity contribution in [3.05, 3.63) is 81.5 Å². The Labute approximate surface area is 181 Å². The fraction of sp³-hybridized carbons (Fsp3) is 0.280. The number of anilines is 1. The highest BCUT2D eigenvalue weighted by Crippen LogP contribution is 2.50. The van der Waals surface area contributed by atoms with E-state index in [9.17, 15) is 4.79 Å². The summed E-state index contributed by atoms with van der Waals surface area (Å²) in [6.07, 6.45) is 1.39. The van der Waals surface area contributed by atoms with Crippen LogP contribution < -0.4 is 5.32 Å². The molecule has 30 heavy (non-hydrogen) atoms. The SMILES string of the molecule is Cc1ccc([C@@H]2C3=C(CC(C)(C)CC3=O)Nc3n[nH]c(-c4ccc(Cl)cc4)c32)cc1. The van der Waals surface area contributed by atoms with E-state index < -0.39 is 0 Å². The molecule has 1 atom stereocenters. The van der Waals surface area contributed by atoms with Gasteiger partial charge in [0.05, 0.1) is 5.69 Å². The van der Waals surface area contributed by atoms with E-state index in [0.717, 1.165) is 45.9 Å². The number of Topliss-reactive ketones (excluding diaryl/α,β-unsaturated/α-hetero) is 1. The van der Waals surface area contributed by atoms with Gasteiger partial charge in [0.25, 0.3) is 0 Å². The third-order valence-corrected chi connectivity index (χ3v) is 6.37. The number of nitrogens with zero attached hydrogens (tertiary/aromatic N) is 1. The van der Waals surface area contributed by atoms with Crippen LogP contribution in [0.1, 0.15) is 49.3 Å². The molecule has 2 heterocycles. The van der Waals surface area contributed by atoms with E-state index in [0.29, 0.717) is 11.4 Å². The average molecular weight is 418 g/mol. The van der Waals surface area contributed by atoms with Gasteiger partial charge < -0.3 is 5.32 Å². The zero-order valence-corrected chi connectivity index (χ0v) is 18.1. The van der Waals surface area contributed by atoms with E-state index in [4.69, 9.17) is 11.6 Å². The summed E-state index contributed by atoms with van der Waals surface area (Å²) in [7, 11) is 0. The second-order valence-electron chi connectivity index (χ2n) is 9.17. The molecule has 5 heteroatoms. The van der Waals surface area contributed by atoms with Gasteiger partial charge in [0.15, 0.2) is 11.6 Å². The van der Waals surface area contributed by atoms with Crippen LogP contribution in [-0.4, -0.2) is 16.0 Å². The van der Waals surface area contributed by atoms with Gasteiger partial charge in [-0.25, -0.2) is 0 Å². The lowest BCUT2D eigenvalue weighted by Gasteiger charge is -2.38. The maximum Gasteiger partial charge on any atom is 0.162 e. The zero-order chi connectivity index (χ0) is 21.0. The van der Waals surface area contributed by atoms with E-state index in [1.807, 2.05) is 24.3 Å². The summed E-state index contributed by atoms with van der Waals surface area (Å²) in [5.74, 6) is 0.868. The van der Waals surface area contributed by atoms with Crippen molar-refractivity contribution < 1.29 is 4.79 Å². The third kappa shape index (κ3) is 3.16. The molecule has 1 aliphatic heterocycles. The number of rotatable bonds is 2. The maximum absolute atomic E-state index is 13.4. The molecular formula is C25H24ClN3O. The molecular weight excluding hydrogens is 394 g/mol. The molecule has 0 fully saturated rings. The number of nitrogens with one attached hydrogen (secondary N) is 2. The molecule has 5 rings (SSSR count). The first-order valence-corrected chi connectivity index (χ1v) is 10.6. The summed E-state index contributed by atoms with van der Waals surface area (Å²) in [6.45, 7) is 6.38. The predicted molar refractivity (Wildman–Crippen MR) is 121 cm³/mol. The van der Waals surface area contributed by atoms with Crippen LogP contribution in [0.4, 0.5) is 5.82 Å². The highest BCUT2D eigenvalue weighted by Gasteiger charge is 2.42. The largest absolute Gasteiger partial charge is 0.342 e. The van der Waals surface area contributed by atoms with Gasteiger partial charge in [-0.1, -0.05) is 67.4 Å². The number of H-pyrrole nitrogens is 1. The van der Waals surface area contributed by atoms with Gasteiger partial charge >= 0.3 is 0 Å². The number of fused-ring (bicyclic) bond motifs is 1. The predicted octanol–water partition coefficient (Wildman–Crippen LogP) is 6.24. The lowest BCUT2D eigenvalue weighted by atomic mass is 9.69. The minimum absolute atomic E-state index is 0.0619. The zero-order valence-electron chi connectivity index (χ0n) is 17.3. The number of aromatic amines is 1. The summed E-state index contributed by atoms with van der Waals surface area (Å²) < 4.78 is 0. The molecule has 4 nitrogen and oxygen atoms in total. The van der Waals surface area contributed by atoms with Gasteiger partial charge in [0.2, 0.25) is 0 Å². The fourth-order valence-corrected chi connectivity index (χ4v) is 4.85. The second-order valence-corrected chi connectivity index (χ2v) is 9.61. The number of hydrogen-bond acceptors (Lipinski definition) is 3. The van der Waals surface area contributed by atoms with Gasteiger partial charge in [0, 0.05) is 39.8 Å². The normalized spacial score (nSPS) is 19.9. The first kappa shape index (κ1) is 19.1. The van der Waals surface area contributed by atoms with Gasteiger partial charge in [-0.2, -0.15) is 5.10 Å². The lowest BCUT2D eigenvalue weighted by molar-refractivity contribution is -0.118. The number of aryl methyl sites for hydroxylation is 1. The number of aromatic nitrogens is 2. The van der Waals surface area contributed by atoms with E-state index >= 15 is 0 Å². The molecule has 1 aromatic heterocycles. The molecule has 0 unspecified atom stereocenters. The van der Waals surface area contributed by atoms with E-state index in [2.05, 4.69) is 60.6 Å². The molecule has 0 spiro atoms. The van der Waals surface area contributed by atoms with Crippen LogP contribution in [0.25, 0.3) is 11.3 Å². The van der Waals surface area contributed by atoms with Crippen molar-refractivity contribution in [3.63, 3.8) is 0 Å². The Bertz CT molecular complexity index is 1170. The standard InChI is InChI=1S/C25H24ClN3O/c1-14-4-6-15(7-5-14)20-21-18(12-25(2,3)13-19(21)30)27-24-22(20)23(28-29-24)16-8-10-17(26)11-9-16/h4-11,20H,12-13H2,1-3H3,(H2,27,28,29)/t20-/m1/s1. The number of hydrogen-bond donors (Lipinski definition) is 2. The molecule has 2 aromatic carbocycles. The van der Waals surface area contributed by atoms with Crippen molar-refractivity contribution in [1.82, 2.24) is 10.2 Å². The van der Waals surface area contributed by atoms with Gasteiger partial charge in [-0.05, 0) is 36.5 Å². The molecule has 152 valence electrons. The molecule has 2 N–H and O–H groups in total. The van der Waals surface area contributed by atoms with Crippen molar-refractivity contribution in [2.45, 2.75) is 39.5 Å². The van der Waals surface area contributed by atoms with Crippen LogP contribution in [0.3, 0.4) is 0 Å². The van der Waals surface area contributed by atoms with Crippen molar-refractivity contribution in [3.8, 4) is 11.3 Å². The second kappa shape index (κ2) is 6.85. The Morgan fingerprint density at radius 2 is 1.73 bits per heavy atom. The highest BCUT2D eigenvalue weighted by molar-refractivity contribution is 6.30. The van der Waals surface area contributed by atoms with Crippen LogP contribution in [0.2, 0.25) is 5.02 Å². The van der Waals surface area contributed by atoms with Crippen molar-refractivity contribution in [2.75, 3.05) is 5.32 Å². The summed E-state index contributed by atoms with van der Waals surface area (Å²) >= 11 is 6.10. The van der Waals surface area contributed by atoms with Gasteiger partial charge in [-0.3, -0.25) is 9.89 Å². The van der Waals surface area contributed by atoms with E-state index in [-0.39, 0.29) is 17.1 Å². The highest BCUT2D eigenvalue weighted by atomic mass is 35.5. The summed E-state index contributed by atoms with van der Waals surface area (Å²) in [5.41, 5.74) is 7.07.